The molecule has 0 amide bonds. The van der Waals surface area contributed by atoms with Gasteiger partial charge < -0.3 is 20.9 Å². The Kier molecular flexibility index (Phi) is 5.20. The third-order valence-corrected chi connectivity index (χ3v) is 2.23. The summed E-state index contributed by atoms with van der Waals surface area (Å²) >= 11 is 0. The lowest BCUT2D eigenvalue weighted by Gasteiger charge is -2.17. The first kappa shape index (κ1) is 13.2. The molecule has 0 aliphatic carbocycles. The van der Waals surface area contributed by atoms with E-state index in [0.29, 0.717) is 24.5 Å². The Balaban J connectivity index is 2.75. The quantitative estimate of drug-likeness (QED) is 0.658. The maximum absolute atomic E-state index is 8.90. The number of hydrogen-bond donors (Lipinski definition) is 3. The highest BCUT2D eigenvalue weighted by Crippen LogP contribution is 2.13. The lowest BCUT2D eigenvalue weighted by atomic mass is 10.2. The van der Waals surface area contributed by atoms with Gasteiger partial charge in [-0.25, -0.2) is 4.98 Å². The molecule has 17 heavy (non-hydrogen) atoms. The normalized spacial score (nSPS) is 11.8. The maximum atomic E-state index is 8.90. The molecule has 0 saturated heterocycles. The molecule has 1 aromatic heterocycles. The van der Waals surface area contributed by atoms with E-state index in [2.05, 4.69) is 10.3 Å². The van der Waals surface area contributed by atoms with Crippen LogP contribution in [-0.2, 0) is 4.74 Å². The van der Waals surface area contributed by atoms with Crippen molar-refractivity contribution in [1.82, 2.24) is 4.98 Å². The van der Waals surface area contributed by atoms with Crippen LogP contribution in [0, 0.1) is 11.3 Å². The van der Waals surface area contributed by atoms with Crippen LogP contribution in [0.15, 0.2) is 12.1 Å². The highest BCUT2D eigenvalue weighted by molar-refractivity contribution is 5.54. The number of nitrogens with one attached hydrogen (secondary N) is 1. The van der Waals surface area contributed by atoms with E-state index in [-0.39, 0.29) is 18.3 Å². The van der Waals surface area contributed by atoms with Crippen LogP contribution in [0.1, 0.15) is 12.1 Å². The van der Waals surface area contributed by atoms with Gasteiger partial charge in [0.15, 0.2) is 5.69 Å². The van der Waals surface area contributed by atoms with E-state index in [1.807, 2.05) is 6.07 Å². The number of nitrogen functional groups attached to an aromatic ring is 1. The lowest BCUT2D eigenvalue weighted by molar-refractivity contribution is 0.170. The smallest absolute Gasteiger partial charge is 0.165 e. The first-order valence-corrected chi connectivity index (χ1v) is 5.24. The van der Waals surface area contributed by atoms with Crippen LogP contribution in [0.5, 0.6) is 0 Å². The number of hydrogen-bond acceptors (Lipinski definition) is 6. The van der Waals surface area contributed by atoms with Crippen molar-refractivity contribution >= 4 is 11.5 Å². The Morgan fingerprint density at radius 2 is 2.41 bits per heavy atom. The summed E-state index contributed by atoms with van der Waals surface area (Å²) in [6, 6.07) is 5.18. The fourth-order valence-corrected chi connectivity index (χ4v) is 1.40. The van der Waals surface area contributed by atoms with E-state index >= 15 is 0 Å². The molecule has 1 unspecified atom stereocenters. The number of pyridine rings is 1. The number of anilines is 2. The van der Waals surface area contributed by atoms with Crippen molar-refractivity contribution in [2.24, 2.45) is 0 Å². The van der Waals surface area contributed by atoms with Crippen LogP contribution in [0.3, 0.4) is 0 Å². The summed E-state index contributed by atoms with van der Waals surface area (Å²) in [4.78, 5) is 4.06. The van der Waals surface area contributed by atoms with Gasteiger partial charge in [-0.15, -0.1) is 0 Å². The SMILES string of the molecule is COCC(CCO)Nc1ccc(N)c(C#N)n1. The molecule has 1 heterocycles. The van der Waals surface area contributed by atoms with Gasteiger partial charge in [0.1, 0.15) is 11.9 Å². The summed E-state index contributed by atoms with van der Waals surface area (Å²) in [6.45, 7) is 0.510. The Morgan fingerprint density at radius 1 is 1.65 bits per heavy atom. The van der Waals surface area contributed by atoms with Gasteiger partial charge in [-0.2, -0.15) is 5.26 Å². The highest BCUT2D eigenvalue weighted by Gasteiger charge is 2.09. The summed E-state index contributed by atoms with van der Waals surface area (Å²) in [6.07, 6.45) is 0.543. The number of methoxy groups -OCH3 is 1. The molecular formula is C11H16N4O2. The Morgan fingerprint density at radius 3 is 3.00 bits per heavy atom. The van der Waals surface area contributed by atoms with E-state index in [9.17, 15) is 0 Å². The molecular weight excluding hydrogens is 220 g/mol. The molecule has 1 rings (SSSR count). The number of nitrogens with two attached hydrogens (primary N) is 1. The monoisotopic (exact) mass is 236 g/mol. The van der Waals surface area contributed by atoms with Crippen LogP contribution in [-0.4, -0.2) is 36.5 Å². The Bertz CT molecular complexity index is 397. The van der Waals surface area contributed by atoms with Gasteiger partial charge in [-0.3, -0.25) is 0 Å². The summed E-state index contributed by atoms with van der Waals surface area (Å²) < 4.78 is 5.02. The fourth-order valence-electron chi connectivity index (χ4n) is 1.40. The molecule has 0 aliphatic rings. The number of nitriles is 1. The second-order valence-electron chi connectivity index (χ2n) is 3.56. The van der Waals surface area contributed by atoms with E-state index < -0.39 is 0 Å². The molecule has 92 valence electrons. The molecule has 4 N–H and O–H groups in total. The van der Waals surface area contributed by atoms with Gasteiger partial charge in [-0.1, -0.05) is 0 Å². The minimum atomic E-state index is -0.0485. The number of ether oxygens (including phenoxy) is 1. The van der Waals surface area contributed by atoms with Gasteiger partial charge in [0.05, 0.1) is 18.3 Å². The predicted octanol–water partition coefficient (Wildman–Crippen LogP) is 0.345. The third kappa shape index (κ3) is 3.90. The molecule has 0 spiro atoms. The molecule has 1 aromatic rings. The molecule has 0 radical (unpaired) electrons. The van der Waals surface area contributed by atoms with Gasteiger partial charge >= 0.3 is 0 Å². The van der Waals surface area contributed by atoms with Crippen molar-refractivity contribution in [3.8, 4) is 6.07 Å². The minimum Gasteiger partial charge on any atom is -0.396 e. The average molecular weight is 236 g/mol. The largest absolute Gasteiger partial charge is 0.396 e. The van der Waals surface area contributed by atoms with Crippen molar-refractivity contribution in [3.63, 3.8) is 0 Å². The minimum absolute atomic E-state index is 0.0485. The molecule has 6 nitrogen and oxygen atoms in total. The van der Waals surface area contributed by atoms with E-state index in [1.54, 1.807) is 19.2 Å². The number of nitrogens with zero attached hydrogens (tertiary/aromatic N) is 2. The fraction of sp³-hybridized carbons (Fsp3) is 0.455. The number of aliphatic hydroxyl groups excluding tert-OH is 1. The zero-order valence-electron chi connectivity index (χ0n) is 9.68. The number of aromatic nitrogens is 1. The Hall–Kier alpha value is -1.84. The summed E-state index contributed by atoms with van der Waals surface area (Å²) in [5, 5.41) is 20.8. The highest BCUT2D eigenvalue weighted by atomic mass is 16.5. The molecule has 0 aliphatic heterocycles. The molecule has 0 fully saturated rings. The van der Waals surface area contributed by atoms with Gasteiger partial charge in [0.2, 0.25) is 0 Å². The van der Waals surface area contributed by atoms with Crippen molar-refractivity contribution < 1.29 is 9.84 Å². The molecule has 6 heteroatoms. The van der Waals surface area contributed by atoms with Crippen LogP contribution in [0.2, 0.25) is 0 Å². The van der Waals surface area contributed by atoms with Gasteiger partial charge in [0, 0.05) is 13.7 Å². The lowest BCUT2D eigenvalue weighted by Crippen LogP contribution is -2.26. The van der Waals surface area contributed by atoms with Crippen molar-refractivity contribution in [2.45, 2.75) is 12.5 Å². The molecule has 0 aromatic carbocycles. The van der Waals surface area contributed by atoms with Crippen LogP contribution < -0.4 is 11.1 Å². The van der Waals surface area contributed by atoms with E-state index in [1.165, 1.54) is 0 Å². The zero-order chi connectivity index (χ0) is 12.7. The molecule has 1 atom stereocenters. The standard InChI is InChI=1S/C11H16N4O2/c1-17-7-8(4-5-16)14-11-3-2-9(13)10(6-12)15-11/h2-3,8,16H,4-5,7,13H2,1H3,(H,14,15). The first-order chi connectivity index (χ1) is 8.21. The summed E-state index contributed by atoms with van der Waals surface area (Å²) in [5.74, 6) is 0.547. The van der Waals surface area contributed by atoms with Crippen LogP contribution >= 0.6 is 0 Å². The number of rotatable bonds is 6. The van der Waals surface area contributed by atoms with Crippen LogP contribution in [0.25, 0.3) is 0 Å². The number of aliphatic hydroxyl groups is 1. The van der Waals surface area contributed by atoms with E-state index in [0.717, 1.165) is 0 Å². The molecule has 0 saturated carbocycles. The Labute approximate surface area is 100 Å². The second-order valence-corrected chi connectivity index (χ2v) is 3.56. The topological polar surface area (TPSA) is 104 Å². The van der Waals surface area contributed by atoms with Gasteiger partial charge in [0.25, 0.3) is 0 Å². The van der Waals surface area contributed by atoms with E-state index in [4.69, 9.17) is 20.8 Å². The third-order valence-electron chi connectivity index (χ3n) is 2.23. The van der Waals surface area contributed by atoms with Crippen molar-refractivity contribution in [3.05, 3.63) is 17.8 Å². The summed E-state index contributed by atoms with van der Waals surface area (Å²) in [7, 11) is 1.59. The van der Waals surface area contributed by atoms with Crippen molar-refractivity contribution in [1.29, 1.82) is 5.26 Å². The second kappa shape index (κ2) is 6.68. The van der Waals surface area contributed by atoms with Crippen molar-refractivity contribution in [2.75, 3.05) is 31.4 Å². The zero-order valence-corrected chi connectivity index (χ0v) is 9.68. The maximum Gasteiger partial charge on any atom is 0.165 e. The van der Waals surface area contributed by atoms with Crippen LogP contribution in [0.4, 0.5) is 11.5 Å². The first-order valence-electron chi connectivity index (χ1n) is 5.24. The predicted molar refractivity (Wildman–Crippen MR) is 64.4 cm³/mol. The van der Waals surface area contributed by atoms with Gasteiger partial charge in [-0.05, 0) is 18.6 Å². The molecule has 0 bridgehead atoms. The average Bonchev–Trinajstić information content (AvgIpc) is 2.32. The summed E-state index contributed by atoms with van der Waals surface area (Å²) in [5.41, 5.74) is 6.11.